The maximum Gasteiger partial charge on any atom is 0.263 e. The van der Waals surface area contributed by atoms with E-state index in [4.69, 9.17) is 9.97 Å². The van der Waals surface area contributed by atoms with Crippen molar-refractivity contribution in [3.63, 3.8) is 0 Å². The lowest BCUT2D eigenvalue weighted by molar-refractivity contribution is 0.0949. The van der Waals surface area contributed by atoms with Crippen LogP contribution >= 0.6 is 11.3 Å². The van der Waals surface area contributed by atoms with Crippen molar-refractivity contribution in [1.29, 1.82) is 0 Å². The number of hydrogen-bond acceptors (Lipinski definition) is 7. The highest BCUT2D eigenvalue weighted by Crippen LogP contribution is 2.41. The van der Waals surface area contributed by atoms with E-state index in [-0.39, 0.29) is 11.9 Å². The van der Waals surface area contributed by atoms with Gasteiger partial charge in [-0.15, -0.1) is 11.3 Å². The number of nitrogens with one attached hydrogen (secondary N) is 2. The molecule has 0 saturated carbocycles. The molecule has 1 atom stereocenters. The molecule has 3 aromatic heterocycles. The predicted molar refractivity (Wildman–Crippen MR) is 149 cm³/mol. The monoisotopic (exact) mass is 498 g/mol. The van der Waals surface area contributed by atoms with E-state index in [0.717, 1.165) is 86.9 Å². The number of rotatable bonds is 4. The molecule has 5 heterocycles. The highest BCUT2D eigenvalue weighted by Gasteiger charge is 2.25. The topological polar surface area (TPSA) is 73.4 Å². The Hall–Kier alpha value is -3.33. The van der Waals surface area contributed by atoms with Gasteiger partial charge in [-0.2, -0.15) is 0 Å². The molecule has 184 valence electrons. The molecular formula is C28H30N6OS. The molecule has 36 heavy (non-hydrogen) atoms. The van der Waals surface area contributed by atoms with Gasteiger partial charge in [0, 0.05) is 66.3 Å². The van der Waals surface area contributed by atoms with Crippen molar-refractivity contribution in [3.8, 4) is 11.3 Å². The van der Waals surface area contributed by atoms with E-state index >= 15 is 0 Å². The van der Waals surface area contributed by atoms with E-state index < -0.39 is 0 Å². The average molecular weight is 499 g/mol. The van der Waals surface area contributed by atoms with E-state index in [1.54, 1.807) is 6.08 Å². The molecule has 7 nitrogen and oxygen atoms in total. The fourth-order valence-electron chi connectivity index (χ4n) is 5.07. The summed E-state index contributed by atoms with van der Waals surface area (Å²) < 4.78 is 1.09. The van der Waals surface area contributed by atoms with Crippen LogP contribution in [0.3, 0.4) is 0 Å². The third kappa shape index (κ3) is 4.25. The Bertz CT molecular complexity index is 1490. The number of amides is 1. The van der Waals surface area contributed by atoms with E-state index in [1.165, 1.54) is 11.3 Å². The van der Waals surface area contributed by atoms with Crippen LogP contribution in [0, 0.1) is 0 Å². The van der Waals surface area contributed by atoms with Gasteiger partial charge < -0.3 is 15.5 Å². The van der Waals surface area contributed by atoms with Crippen molar-refractivity contribution >= 4 is 50.0 Å². The number of likely N-dealkylation sites (N-methyl/N-ethyl adjacent to an activating group) is 1. The lowest BCUT2D eigenvalue weighted by Crippen LogP contribution is -2.44. The number of aromatic nitrogens is 2. The van der Waals surface area contributed by atoms with Gasteiger partial charge in [-0.05, 0) is 56.4 Å². The molecule has 1 aromatic carbocycles. The zero-order valence-corrected chi connectivity index (χ0v) is 21.5. The maximum absolute atomic E-state index is 12.7. The maximum atomic E-state index is 12.7. The lowest BCUT2D eigenvalue weighted by atomic mass is 10.1. The Kier molecular flexibility index (Phi) is 5.95. The van der Waals surface area contributed by atoms with E-state index in [1.807, 2.05) is 6.92 Å². The molecule has 0 spiro atoms. The molecule has 0 unspecified atom stereocenters. The molecule has 6 rings (SSSR count). The molecule has 0 radical (unpaired) electrons. The van der Waals surface area contributed by atoms with Crippen LogP contribution in [-0.4, -0.2) is 71.5 Å². The first kappa shape index (κ1) is 23.1. The third-order valence-electron chi connectivity index (χ3n) is 7.08. The zero-order chi connectivity index (χ0) is 24.8. The summed E-state index contributed by atoms with van der Waals surface area (Å²) in [5, 5.41) is 8.69. The van der Waals surface area contributed by atoms with Crippen LogP contribution in [0.15, 0.2) is 43.0 Å². The van der Waals surface area contributed by atoms with Gasteiger partial charge in [0.1, 0.15) is 4.88 Å². The number of thiophene rings is 1. The number of carbonyl (C=O) groups is 1. The fourth-order valence-corrected chi connectivity index (χ4v) is 6.16. The predicted octanol–water partition coefficient (Wildman–Crippen LogP) is 4.45. The number of hydrogen-bond donors (Lipinski definition) is 2. The Morgan fingerprint density at radius 2 is 1.97 bits per heavy atom. The van der Waals surface area contributed by atoms with E-state index in [2.05, 4.69) is 70.5 Å². The van der Waals surface area contributed by atoms with Crippen LogP contribution in [-0.2, 0) is 6.54 Å². The number of nitrogens with zero attached hydrogens (tertiary/aromatic N) is 4. The number of carbonyl (C=O) groups excluding carboxylic acids is 1. The summed E-state index contributed by atoms with van der Waals surface area (Å²) in [4.78, 5) is 28.2. The molecular weight excluding hydrogens is 468 g/mol. The van der Waals surface area contributed by atoms with Gasteiger partial charge in [-0.1, -0.05) is 6.58 Å². The number of pyridine rings is 2. The highest BCUT2D eigenvalue weighted by molar-refractivity contribution is 7.21. The minimum absolute atomic E-state index is 0.0111. The highest BCUT2D eigenvalue weighted by atomic mass is 32.1. The molecule has 4 aromatic rings. The van der Waals surface area contributed by atoms with E-state index in [0.29, 0.717) is 6.54 Å². The molecule has 1 amide bonds. The van der Waals surface area contributed by atoms with Gasteiger partial charge in [0.25, 0.3) is 5.91 Å². The summed E-state index contributed by atoms with van der Waals surface area (Å²) in [6.07, 6.45) is 1.81. The fraction of sp³-hybridized carbons (Fsp3) is 0.321. The lowest BCUT2D eigenvalue weighted by Gasteiger charge is -2.32. The Labute approximate surface area is 214 Å². The van der Waals surface area contributed by atoms with Gasteiger partial charge in [0.15, 0.2) is 0 Å². The smallest absolute Gasteiger partial charge is 0.263 e. The Morgan fingerprint density at radius 1 is 1.14 bits per heavy atom. The van der Waals surface area contributed by atoms with Crippen molar-refractivity contribution in [2.75, 3.05) is 45.1 Å². The van der Waals surface area contributed by atoms with Crippen LogP contribution in [0.5, 0.6) is 0 Å². The number of piperazine rings is 1. The third-order valence-corrected chi connectivity index (χ3v) is 8.23. The van der Waals surface area contributed by atoms with Gasteiger partial charge in [-0.3, -0.25) is 14.7 Å². The molecule has 2 aliphatic rings. The first-order valence-corrected chi connectivity index (χ1v) is 13.3. The second kappa shape index (κ2) is 9.28. The van der Waals surface area contributed by atoms with Crippen LogP contribution in [0.1, 0.15) is 28.0 Å². The van der Waals surface area contributed by atoms with Crippen LogP contribution < -0.4 is 10.6 Å². The molecule has 1 fully saturated rings. The summed E-state index contributed by atoms with van der Waals surface area (Å²) in [5.74, 6) is -0.0111. The molecule has 0 bridgehead atoms. The van der Waals surface area contributed by atoms with Crippen LogP contribution in [0.2, 0.25) is 0 Å². The van der Waals surface area contributed by atoms with Crippen molar-refractivity contribution < 1.29 is 4.79 Å². The average Bonchev–Trinajstić information content (AvgIpc) is 3.21. The second-order valence-electron chi connectivity index (χ2n) is 9.82. The number of fused-ring (bicyclic) bond motifs is 5. The zero-order valence-electron chi connectivity index (χ0n) is 20.7. The number of anilines is 1. The quantitative estimate of drug-likeness (QED) is 0.433. The summed E-state index contributed by atoms with van der Waals surface area (Å²) in [5.41, 5.74) is 5.69. The van der Waals surface area contributed by atoms with Crippen molar-refractivity contribution in [3.05, 3.63) is 59.2 Å². The standard InChI is InChI=1S/C28H30N6OS/c1-4-19-13-18(14-20(31-19)16-34-11-9-33(3)10-12-34)22-6-5-21-23(32-22)7-8-24-25(21)26-27(36-24)28(35)30-17(2)15-29-26/h4-8,13-14,17,29H,1,9-12,15-16H2,2-3H3,(H,30,35)/t17-/m1/s1. The van der Waals surface area contributed by atoms with E-state index in [9.17, 15) is 4.79 Å². The molecule has 8 heteroatoms. The van der Waals surface area contributed by atoms with Crippen molar-refractivity contribution in [2.45, 2.75) is 19.5 Å². The summed E-state index contributed by atoms with van der Waals surface area (Å²) in [6.45, 7) is 11.7. The minimum atomic E-state index is -0.0111. The SMILES string of the molecule is C=Cc1cc(-c2ccc3c(ccc4sc5c(c43)NC[C@@H](C)NC5=O)n2)cc(CN2CCN(C)CC2)n1. The second-order valence-corrected chi connectivity index (χ2v) is 10.9. The molecule has 2 aliphatic heterocycles. The summed E-state index contributed by atoms with van der Waals surface area (Å²) in [6, 6.07) is 12.6. The number of benzene rings is 1. The minimum Gasteiger partial charge on any atom is -0.381 e. The largest absolute Gasteiger partial charge is 0.381 e. The van der Waals surface area contributed by atoms with Gasteiger partial charge >= 0.3 is 0 Å². The van der Waals surface area contributed by atoms with Crippen LogP contribution in [0.25, 0.3) is 38.3 Å². The summed E-state index contributed by atoms with van der Waals surface area (Å²) in [7, 11) is 2.17. The van der Waals surface area contributed by atoms with Gasteiger partial charge in [-0.25, -0.2) is 4.98 Å². The van der Waals surface area contributed by atoms with Crippen molar-refractivity contribution in [1.82, 2.24) is 25.1 Å². The molecule has 1 saturated heterocycles. The first-order valence-electron chi connectivity index (χ1n) is 12.4. The van der Waals surface area contributed by atoms with Gasteiger partial charge in [0.05, 0.1) is 28.3 Å². The first-order chi connectivity index (χ1) is 17.5. The normalized spacial score (nSPS) is 19.1. The van der Waals surface area contributed by atoms with Crippen LogP contribution in [0.4, 0.5) is 5.69 Å². The summed E-state index contributed by atoms with van der Waals surface area (Å²) >= 11 is 1.53. The van der Waals surface area contributed by atoms with Gasteiger partial charge in [0.2, 0.25) is 0 Å². The van der Waals surface area contributed by atoms with Crippen molar-refractivity contribution in [2.24, 2.45) is 0 Å². The molecule has 2 N–H and O–H groups in total. The Morgan fingerprint density at radius 3 is 2.78 bits per heavy atom. The molecule has 0 aliphatic carbocycles. The Balaban J connectivity index is 1.39.